The quantitative estimate of drug-likeness (QED) is 0.775. The van der Waals surface area contributed by atoms with Crippen molar-refractivity contribution in [3.63, 3.8) is 0 Å². The molecule has 0 amide bonds. The summed E-state index contributed by atoms with van der Waals surface area (Å²) in [6, 6.07) is 6.68. The number of hydrogen-bond acceptors (Lipinski definition) is 2. The Hall–Kier alpha value is -0.930. The maximum Gasteiger partial charge on any atom is 0.123 e. The molecule has 2 nitrogen and oxygen atoms in total. The number of nitrogens with one attached hydrogen (secondary N) is 1. The van der Waals surface area contributed by atoms with Crippen molar-refractivity contribution in [3.05, 3.63) is 35.6 Å². The first kappa shape index (κ1) is 10.6. The lowest BCUT2D eigenvalue weighted by molar-refractivity contribution is 0.405. The zero-order chi connectivity index (χ0) is 10.9. The van der Waals surface area contributed by atoms with Gasteiger partial charge in [0.1, 0.15) is 5.82 Å². The van der Waals surface area contributed by atoms with Crippen molar-refractivity contribution in [2.45, 2.75) is 24.8 Å². The SMILES string of the molecule is CCC1(N)CNCC1c1ccc(F)cc1. The third-order valence-corrected chi connectivity index (χ3v) is 3.43. The van der Waals surface area contributed by atoms with Gasteiger partial charge in [0.25, 0.3) is 0 Å². The van der Waals surface area contributed by atoms with Crippen LogP contribution in [0.3, 0.4) is 0 Å². The molecule has 1 aliphatic heterocycles. The highest BCUT2D eigenvalue weighted by atomic mass is 19.1. The molecule has 0 spiro atoms. The molecule has 3 heteroatoms. The van der Waals surface area contributed by atoms with Crippen molar-refractivity contribution in [2.75, 3.05) is 13.1 Å². The maximum absolute atomic E-state index is 12.8. The van der Waals surface area contributed by atoms with Gasteiger partial charge in [-0.1, -0.05) is 19.1 Å². The van der Waals surface area contributed by atoms with Crippen LogP contribution in [0.1, 0.15) is 24.8 Å². The molecule has 0 saturated carbocycles. The molecule has 3 N–H and O–H groups in total. The Morgan fingerprint density at radius 1 is 1.47 bits per heavy atom. The lowest BCUT2D eigenvalue weighted by atomic mass is 9.81. The van der Waals surface area contributed by atoms with Gasteiger partial charge in [-0.05, 0) is 24.1 Å². The van der Waals surface area contributed by atoms with Crippen LogP contribution < -0.4 is 11.1 Å². The second-order valence-corrected chi connectivity index (χ2v) is 4.32. The highest BCUT2D eigenvalue weighted by molar-refractivity contribution is 5.27. The second-order valence-electron chi connectivity index (χ2n) is 4.32. The lowest BCUT2D eigenvalue weighted by Gasteiger charge is -2.29. The summed E-state index contributed by atoms with van der Waals surface area (Å²) in [5, 5.41) is 3.31. The number of rotatable bonds is 2. The highest BCUT2D eigenvalue weighted by Gasteiger charge is 2.38. The minimum absolute atomic E-state index is 0.183. The summed E-state index contributed by atoms with van der Waals surface area (Å²) in [4.78, 5) is 0. The Balaban J connectivity index is 2.27. The topological polar surface area (TPSA) is 38.0 Å². The lowest BCUT2D eigenvalue weighted by Crippen LogP contribution is -2.45. The molecule has 1 aromatic rings. The average Bonchev–Trinajstić information content (AvgIpc) is 2.63. The molecule has 1 aliphatic rings. The molecule has 1 heterocycles. The summed E-state index contributed by atoms with van der Waals surface area (Å²) in [7, 11) is 0. The molecule has 0 bridgehead atoms. The molecular formula is C12H17FN2. The molecule has 15 heavy (non-hydrogen) atoms. The van der Waals surface area contributed by atoms with Crippen LogP contribution in [0, 0.1) is 5.82 Å². The van der Waals surface area contributed by atoms with Crippen molar-refractivity contribution in [2.24, 2.45) is 5.73 Å². The van der Waals surface area contributed by atoms with Gasteiger partial charge in [0.15, 0.2) is 0 Å². The smallest absolute Gasteiger partial charge is 0.123 e. The predicted octanol–water partition coefficient (Wildman–Crippen LogP) is 1.62. The highest BCUT2D eigenvalue weighted by Crippen LogP contribution is 2.32. The first-order valence-electron chi connectivity index (χ1n) is 5.41. The van der Waals surface area contributed by atoms with Gasteiger partial charge in [-0.2, -0.15) is 0 Å². The number of nitrogens with two attached hydrogens (primary N) is 1. The van der Waals surface area contributed by atoms with Crippen molar-refractivity contribution in [1.82, 2.24) is 5.32 Å². The normalized spacial score (nSPS) is 30.7. The zero-order valence-electron chi connectivity index (χ0n) is 8.96. The monoisotopic (exact) mass is 208 g/mol. The zero-order valence-corrected chi connectivity index (χ0v) is 8.96. The van der Waals surface area contributed by atoms with Gasteiger partial charge < -0.3 is 11.1 Å². The molecule has 0 aromatic heterocycles. The van der Waals surface area contributed by atoms with Crippen LogP contribution in [-0.4, -0.2) is 18.6 Å². The standard InChI is InChI=1S/C12H17FN2/c1-2-12(14)8-15-7-11(12)9-3-5-10(13)6-4-9/h3-6,11,15H,2,7-8,14H2,1H3. The van der Waals surface area contributed by atoms with Gasteiger partial charge in [-0.15, -0.1) is 0 Å². The van der Waals surface area contributed by atoms with Crippen molar-refractivity contribution < 1.29 is 4.39 Å². The van der Waals surface area contributed by atoms with Gasteiger partial charge in [-0.3, -0.25) is 0 Å². The largest absolute Gasteiger partial charge is 0.323 e. The summed E-state index contributed by atoms with van der Waals surface area (Å²) in [6.45, 7) is 3.82. The predicted molar refractivity (Wildman–Crippen MR) is 59.2 cm³/mol. The molecule has 2 rings (SSSR count). The molecule has 0 aliphatic carbocycles. The fraction of sp³-hybridized carbons (Fsp3) is 0.500. The fourth-order valence-corrected chi connectivity index (χ4v) is 2.29. The average molecular weight is 208 g/mol. The summed E-state index contributed by atoms with van der Waals surface area (Å²) in [5.74, 6) is 0.104. The Morgan fingerprint density at radius 3 is 2.73 bits per heavy atom. The van der Waals surface area contributed by atoms with E-state index in [-0.39, 0.29) is 11.4 Å². The van der Waals surface area contributed by atoms with E-state index >= 15 is 0 Å². The Bertz CT molecular complexity index is 336. The number of halogens is 1. The molecule has 0 radical (unpaired) electrons. The Morgan fingerprint density at radius 2 is 2.13 bits per heavy atom. The molecule has 1 fully saturated rings. The summed E-state index contributed by atoms with van der Waals surface area (Å²) in [6.07, 6.45) is 0.933. The van der Waals surface area contributed by atoms with Crippen LogP contribution >= 0.6 is 0 Å². The van der Waals surface area contributed by atoms with Crippen LogP contribution in [0.5, 0.6) is 0 Å². The van der Waals surface area contributed by atoms with Gasteiger partial charge in [0, 0.05) is 24.5 Å². The van der Waals surface area contributed by atoms with Crippen LogP contribution in [0.15, 0.2) is 24.3 Å². The first-order valence-corrected chi connectivity index (χ1v) is 5.41. The van der Waals surface area contributed by atoms with Crippen LogP contribution in [0.25, 0.3) is 0 Å². The molecule has 1 aromatic carbocycles. The molecule has 1 saturated heterocycles. The minimum atomic E-state index is -0.191. The van der Waals surface area contributed by atoms with E-state index < -0.39 is 0 Å². The van der Waals surface area contributed by atoms with Crippen molar-refractivity contribution >= 4 is 0 Å². The van der Waals surface area contributed by atoms with Gasteiger partial charge in [-0.25, -0.2) is 4.39 Å². The minimum Gasteiger partial charge on any atom is -0.323 e. The van der Waals surface area contributed by atoms with E-state index in [1.165, 1.54) is 12.1 Å². The van der Waals surface area contributed by atoms with E-state index in [1.807, 2.05) is 12.1 Å². The van der Waals surface area contributed by atoms with E-state index in [4.69, 9.17) is 5.73 Å². The van der Waals surface area contributed by atoms with E-state index in [9.17, 15) is 4.39 Å². The van der Waals surface area contributed by atoms with Gasteiger partial charge in [0.05, 0.1) is 0 Å². The fourth-order valence-electron chi connectivity index (χ4n) is 2.29. The van der Waals surface area contributed by atoms with Crippen molar-refractivity contribution in [1.29, 1.82) is 0 Å². The molecule has 2 unspecified atom stereocenters. The summed E-state index contributed by atoms with van der Waals surface area (Å²) < 4.78 is 12.8. The van der Waals surface area contributed by atoms with Crippen LogP contribution in [0.2, 0.25) is 0 Å². The van der Waals surface area contributed by atoms with E-state index in [0.717, 1.165) is 25.1 Å². The summed E-state index contributed by atoms with van der Waals surface area (Å²) >= 11 is 0. The third-order valence-electron chi connectivity index (χ3n) is 3.43. The maximum atomic E-state index is 12.8. The van der Waals surface area contributed by atoms with Gasteiger partial charge >= 0.3 is 0 Å². The second kappa shape index (κ2) is 3.91. The van der Waals surface area contributed by atoms with Crippen LogP contribution in [0.4, 0.5) is 4.39 Å². The van der Waals surface area contributed by atoms with E-state index in [2.05, 4.69) is 12.2 Å². The van der Waals surface area contributed by atoms with Crippen LogP contribution in [-0.2, 0) is 0 Å². The van der Waals surface area contributed by atoms with E-state index in [0.29, 0.717) is 5.92 Å². The molecule has 82 valence electrons. The van der Waals surface area contributed by atoms with Crippen molar-refractivity contribution in [3.8, 4) is 0 Å². The molecular weight excluding hydrogens is 191 g/mol. The number of hydrogen-bond donors (Lipinski definition) is 2. The van der Waals surface area contributed by atoms with E-state index in [1.54, 1.807) is 0 Å². The number of benzene rings is 1. The Labute approximate surface area is 89.7 Å². The first-order chi connectivity index (χ1) is 7.15. The third kappa shape index (κ3) is 1.90. The summed E-state index contributed by atoms with van der Waals surface area (Å²) in [5.41, 5.74) is 7.26. The van der Waals surface area contributed by atoms with Gasteiger partial charge in [0.2, 0.25) is 0 Å². The molecule has 2 atom stereocenters. The Kier molecular flexibility index (Phi) is 2.76.